The summed E-state index contributed by atoms with van der Waals surface area (Å²) in [6, 6.07) is 9.76. The number of para-hydroxylation sites is 1. The highest BCUT2D eigenvalue weighted by Crippen LogP contribution is 2.39. The summed E-state index contributed by atoms with van der Waals surface area (Å²) in [7, 11) is 0. The first-order valence-corrected chi connectivity index (χ1v) is 7.39. The second-order valence-corrected chi connectivity index (χ2v) is 6.13. The highest BCUT2D eigenvalue weighted by atomic mass is 16.5. The normalized spacial score (nSPS) is 21.1. The van der Waals surface area contributed by atoms with Crippen molar-refractivity contribution in [3.05, 3.63) is 42.0 Å². The number of nitrogens with one attached hydrogen (secondary N) is 1. The van der Waals surface area contributed by atoms with Crippen LogP contribution in [0.1, 0.15) is 44.4 Å². The largest absolute Gasteiger partial charge is 0.485 e. The van der Waals surface area contributed by atoms with E-state index in [1.54, 1.807) is 0 Å². The summed E-state index contributed by atoms with van der Waals surface area (Å²) in [6.07, 6.45) is 2.34. The first-order chi connectivity index (χ1) is 10.1. The Hall–Kier alpha value is -1.88. The minimum absolute atomic E-state index is 0.115. The van der Waals surface area contributed by atoms with Crippen molar-refractivity contribution in [1.82, 2.24) is 15.5 Å². The van der Waals surface area contributed by atoms with Crippen LogP contribution >= 0.6 is 0 Å². The summed E-state index contributed by atoms with van der Waals surface area (Å²) in [5.41, 5.74) is 0.127. The lowest BCUT2D eigenvalue weighted by Crippen LogP contribution is -2.39. The predicted molar refractivity (Wildman–Crippen MR) is 78.8 cm³/mol. The zero-order valence-corrected chi connectivity index (χ0v) is 12.5. The summed E-state index contributed by atoms with van der Waals surface area (Å²) in [5.74, 6) is 2.04. The first kappa shape index (κ1) is 14.1. The Bertz CT molecular complexity index is 580. The van der Waals surface area contributed by atoms with Crippen molar-refractivity contribution < 1.29 is 9.26 Å². The molecule has 21 heavy (non-hydrogen) atoms. The molecule has 1 fully saturated rings. The second-order valence-electron chi connectivity index (χ2n) is 6.13. The molecule has 1 aromatic heterocycles. The molecule has 1 aliphatic rings. The zero-order valence-electron chi connectivity index (χ0n) is 12.5. The van der Waals surface area contributed by atoms with E-state index in [0.717, 1.165) is 18.7 Å². The fourth-order valence-corrected chi connectivity index (χ4v) is 2.74. The lowest BCUT2D eigenvalue weighted by molar-refractivity contribution is 0.146. The Morgan fingerprint density at radius 1 is 1.33 bits per heavy atom. The van der Waals surface area contributed by atoms with E-state index >= 15 is 0 Å². The van der Waals surface area contributed by atoms with Crippen LogP contribution in [0.15, 0.2) is 34.9 Å². The van der Waals surface area contributed by atoms with Crippen molar-refractivity contribution in [2.45, 2.75) is 39.3 Å². The Morgan fingerprint density at radius 3 is 2.90 bits per heavy atom. The Morgan fingerprint density at radius 2 is 2.14 bits per heavy atom. The van der Waals surface area contributed by atoms with Crippen LogP contribution in [0, 0.1) is 5.41 Å². The van der Waals surface area contributed by atoms with E-state index < -0.39 is 0 Å². The summed E-state index contributed by atoms with van der Waals surface area (Å²) >= 11 is 0. The first-order valence-electron chi connectivity index (χ1n) is 7.39. The molecule has 112 valence electrons. The number of aromatic nitrogens is 2. The summed E-state index contributed by atoms with van der Waals surface area (Å²) in [6.45, 7) is 5.77. The Balaban J connectivity index is 1.66. The highest BCUT2D eigenvalue weighted by Gasteiger charge is 2.36. The van der Waals surface area contributed by atoms with Crippen molar-refractivity contribution >= 4 is 0 Å². The molecule has 0 bridgehead atoms. The van der Waals surface area contributed by atoms with Gasteiger partial charge in [0.1, 0.15) is 5.75 Å². The van der Waals surface area contributed by atoms with E-state index in [4.69, 9.17) is 9.26 Å². The Kier molecular flexibility index (Phi) is 3.92. The number of hydrogen-bond donors (Lipinski definition) is 1. The van der Waals surface area contributed by atoms with Gasteiger partial charge in [-0.25, -0.2) is 0 Å². The third-order valence-corrected chi connectivity index (χ3v) is 3.97. The van der Waals surface area contributed by atoms with Gasteiger partial charge in [0, 0.05) is 0 Å². The van der Waals surface area contributed by atoms with E-state index in [0.29, 0.717) is 18.3 Å². The molecule has 1 atom stereocenters. The van der Waals surface area contributed by atoms with Gasteiger partial charge in [-0.3, -0.25) is 0 Å². The van der Waals surface area contributed by atoms with E-state index in [9.17, 15) is 0 Å². The smallest absolute Gasteiger partial charge is 0.244 e. The minimum atomic E-state index is 0.115. The van der Waals surface area contributed by atoms with Crippen LogP contribution in [0.25, 0.3) is 0 Å². The quantitative estimate of drug-likeness (QED) is 0.936. The molecule has 5 nitrogen and oxygen atoms in total. The molecule has 5 heteroatoms. The lowest BCUT2D eigenvalue weighted by atomic mass is 9.77. The van der Waals surface area contributed by atoms with Crippen LogP contribution in [0.4, 0.5) is 0 Å². The van der Waals surface area contributed by atoms with Gasteiger partial charge < -0.3 is 14.6 Å². The van der Waals surface area contributed by atoms with Gasteiger partial charge in [-0.05, 0) is 36.9 Å². The molecule has 1 aromatic carbocycles. The maximum atomic E-state index is 5.64. The van der Waals surface area contributed by atoms with Gasteiger partial charge in [-0.1, -0.05) is 37.2 Å². The fraction of sp³-hybridized carbons (Fsp3) is 0.500. The van der Waals surface area contributed by atoms with Crippen molar-refractivity contribution in [3.8, 4) is 5.75 Å². The number of rotatable bonds is 4. The number of nitrogens with zero attached hydrogens (tertiary/aromatic N) is 2. The standard InChI is InChI=1S/C16H21N3O2/c1-16(2)9-6-10-17-14(16)15-18-13(19-21-15)11-20-12-7-4-3-5-8-12/h3-5,7-8,14,17H,6,9-11H2,1-2H3. The molecule has 2 aromatic rings. The van der Waals surface area contributed by atoms with Crippen LogP contribution in [-0.4, -0.2) is 16.7 Å². The van der Waals surface area contributed by atoms with E-state index in [1.807, 2.05) is 30.3 Å². The molecule has 0 spiro atoms. The van der Waals surface area contributed by atoms with Crippen molar-refractivity contribution in [2.75, 3.05) is 6.54 Å². The molecule has 0 radical (unpaired) electrons. The molecule has 3 rings (SSSR count). The molecule has 1 N–H and O–H groups in total. The van der Waals surface area contributed by atoms with Gasteiger partial charge in [-0.2, -0.15) is 4.98 Å². The average molecular weight is 287 g/mol. The van der Waals surface area contributed by atoms with Crippen LogP contribution in [0.2, 0.25) is 0 Å². The maximum absolute atomic E-state index is 5.64. The molecule has 2 heterocycles. The van der Waals surface area contributed by atoms with Crippen LogP contribution in [0.5, 0.6) is 5.75 Å². The summed E-state index contributed by atoms with van der Waals surface area (Å²) < 4.78 is 11.1. The third kappa shape index (κ3) is 3.24. The minimum Gasteiger partial charge on any atom is -0.485 e. The van der Waals surface area contributed by atoms with Gasteiger partial charge in [0.25, 0.3) is 0 Å². The SMILES string of the molecule is CC1(C)CCCNC1c1nc(COc2ccccc2)no1. The number of piperidine rings is 1. The molecule has 1 unspecified atom stereocenters. The van der Waals surface area contributed by atoms with Crippen molar-refractivity contribution in [2.24, 2.45) is 5.41 Å². The van der Waals surface area contributed by atoms with Crippen molar-refractivity contribution in [1.29, 1.82) is 0 Å². The zero-order chi connectivity index (χ0) is 14.7. The lowest BCUT2D eigenvalue weighted by Gasteiger charge is -2.36. The Labute approximate surface area is 124 Å². The second kappa shape index (κ2) is 5.85. The molecule has 0 saturated carbocycles. The highest BCUT2D eigenvalue weighted by molar-refractivity contribution is 5.21. The van der Waals surface area contributed by atoms with Crippen LogP contribution in [-0.2, 0) is 6.61 Å². The molecular formula is C16H21N3O2. The molecule has 1 saturated heterocycles. The van der Waals surface area contributed by atoms with Gasteiger partial charge in [-0.15, -0.1) is 0 Å². The summed E-state index contributed by atoms with van der Waals surface area (Å²) in [4.78, 5) is 4.48. The average Bonchev–Trinajstić information content (AvgIpc) is 2.94. The van der Waals surface area contributed by atoms with Crippen molar-refractivity contribution in [3.63, 3.8) is 0 Å². The van der Waals surface area contributed by atoms with Crippen LogP contribution < -0.4 is 10.1 Å². The van der Waals surface area contributed by atoms with Gasteiger partial charge in [0.05, 0.1) is 6.04 Å². The fourth-order valence-electron chi connectivity index (χ4n) is 2.74. The van der Waals surface area contributed by atoms with Crippen LogP contribution in [0.3, 0.4) is 0 Å². The predicted octanol–water partition coefficient (Wildman–Crippen LogP) is 3.10. The molecule has 1 aliphatic heterocycles. The van der Waals surface area contributed by atoms with Gasteiger partial charge >= 0.3 is 0 Å². The molecule has 0 amide bonds. The maximum Gasteiger partial charge on any atom is 0.244 e. The van der Waals surface area contributed by atoms with Gasteiger partial charge in [0.15, 0.2) is 6.61 Å². The molecule has 0 aliphatic carbocycles. The number of ether oxygens (including phenoxy) is 1. The third-order valence-electron chi connectivity index (χ3n) is 3.97. The molecular weight excluding hydrogens is 266 g/mol. The van der Waals surface area contributed by atoms with E-state index in [1.165, 1.54) is 6.42 Å². The number of benzene rings is 1. The van der Waals surface area contributed by atoms with E-state index in [2.05, 4.69) is 29.3 Å². The van der Waals surface area contributed by atoms with Gasteiger partial charge in [0.2, 0.25) is 11.7 Å². The number of hydrogen-bond acceptors (Lipinski definition) is 5. The summed E-state index contributed by atoms with van der Waals surface area (Å²) in [5, 5.41) is 7.50. The topological polar surface area (TPSA) is 60.2 Å². The van der Waals surface area contributed by atoms with E-state index in [-0.39, 0.29) is 11.5 Å². The monoisotopic (exact) mass is 287 g/mol.